The van der Waals surface area contributed by atoms with Crippen LogP contribution < -0.4 is 30.2 Å². The molecule has 3 N–H and O–H groups in total. The van der Waals surface area contributed by atoms with Gasteiger partial charge in [0.25, 0.3) is 11.8 Å². The molecule has 0 aliphatic heterocycles. The van der Waals surface area contributed by atoms with Gasteiger partial charge in [-0.2, -0.15) is 13.2 Å². The van der Waals surface area contributed by atoms with Gasteiger partial charge in [-0.3, -0.25) is 14.4 Å². The van der Waals surface area contributed by atoms with E-state index in [2.05, 4.69) is 16.0 Å². The zero-order valence-corrected chi connectivity index (χ0v) is 30.6. The van der Waals surface area contributed by atoms with Gasteiger partial charge < -0.3 is 30.2 Å². The molecular formula is C40H33ClF3N3O6S. The number of methoxy groups -OCH3 is 3. The summed E-state index contributed by atoms with van der Waals surface area (Å²) >= 11 is 6.93. The van der Waals surface area contributed by atoms with Crippen molar-refractivity contribution < 1.29 is 41.8 Å². The highest BCUT2D eigenvalue weighted by Gasteiger charge is 2.35. The molecular weight excluding hydrogens is 743 g/mol. The smallest absolute Gasteiger partial charge is 0.418 e. The Morgan fingerprint density at radius 2 is 1.35 bits per heavy atom. The van der Waals surface area contributed by atoms with Crippen LogP contribution in [0.4, 0.5) is 24.5 Å². The molecule has 9 nitrogen and oxygen atoms in total. The average molecular weight is 776 g/mol. The highest BCUT2D eigenvalue weighted by molar-refractivity contribution is 8.00. The van der Waals surface area contributed by atoms with E-state index in [1.165, 1.54) is 33.5 Å². The monoisotopic (exact) mass is 775 g/mol. The molecule has 1 unspecified atom stereocenters. The van der Waals surface area contributed by atoms with Crippen molar-refractivity contribution in [3.8, 4) is 17.2 Å². The van der Waals surface area contributed by atoms with Crippen molar-refractivity contribution in [1.82, 2.24) is 5.32 Å². The molecule has 0 saturated heterocycles. The fraction of sp³-hybridized carbons (Fsp3) is 0.125. The number of rotatable bonds is 13. The first kappa shape index (κ1) is 39.3. The van der Waals surface area contributed by atoms with Gasteiger partial charge in [0.05, 0.1) is 32.6 Å². The molecule has 0 heterocycles. The van der Waals surface area contributed by atoms with Crippen molar-refractivity contribution >= 4 is 58.5 Å². The largest absolute Gasteiger partial charge is 0.496 e. The van der Waals surface area contributed by atoms with Gasteiger partial charge in [0.15, 0.2) is 11.5 Å². The van der Waals surface area contributed by atoms with Crippen LogP contribution in [0.15, 0.2) is 126 Å². The number of alkyl halides is 3. The molecule has 0 bridgehead atoms. The predicted molar refractivity (Wildman–Crippen MR) is 203 cm³/mol. The van der Waals surface area contributed by atoms with E-state index in [0.717, 1.165) is 23.9 Å². The van der Waals surface area contributed by atoms with Crippen LogP contribution in [0.2, 0.25) is 5.02 Å². The van der Waals surface area contributed by atoms with Crippen molar-refractivity contribution in [3.05, 3.63) is 148 Å². The first-order chi connectivity index (χ1) is 25.9. The lowest BCUT2D eigenvalue weighted by atomic mass is 10.1. The van der Waals surface area contributed by atoms with Gasteiger partial charge in [0.1, 0.15) is 16.7 Å². The maximum Gasteiger partial charge on any atom is 0.418 e. The summed E-state index contributed by atoms with van der Waals surface area (Å²) in [7, 11) is 4.38. The average Bonchev–Trinajstić information content (AvgIpc) is 3.17. The zero-order chi connectivity index (χ0) is 38.8. The fourth-order valence-electron chi connectivity index (χ4n) is 5.17. The van der Waals surface area contributed by atoms with Crippen LogP contribution in [-0.2, 0) is 15.8 Å². The molecule has 5 rings (SSSR count). The molecule has 5 aromatic carbocycles. The molecule has 1 atom stereocenters. The highest BCUT2D eigenvalue weighted by atomic mass is 35.5. The van der Waals surface area contributed by atoms with Crippen molar-refractivity contribution in [1.29, 1.82) is 0 Å². The Bertz CT molecular complexity index is 2150. The molecule has 3 amide bonds. The zero-order valence-electron chi connectivity index (χ0n) is 29.0. The lowest BCUT2D eigenvalue weighted by Crippen LogP contribution is -2.30. The number of benzene rings is 5. The number of amides is 3. The Kier molecular flexibility index (Phi) is 12.9. The van der Waals surface area contributed by atoms with Crippen LogP contribution in [0.25, 0.3) is 6.08 Å². The Labute approximate surface area is 318 Å². The molecule has 5 aromatic rings. The summed E-state index contributed by atoms with van der Waals surface area (Å²) < 4.78 is 57.7. The van der Waals surface area contributed by atoms with Crippen LogP contribution in [0.3, 0.4) is 0 Å². The van der Waals surface area contributed by atoms with Gasteiger partial charge in [-0.05, 0) is 72.3 Å². The van der Waals surface area contributed by atoms with Gasteiger partial charge in [0, 0.05) is 32.8 Å². The lowest BCUT2D eigenvalue weighted by Gasteiger charge is -2.20. The predicted octanol–water partition coefficient (Wildman–Crippen LogP) is 9.27. The summed E-state index contributed by atoms with van der Waals surface area (Å²) in [6.45, 7) is 0. The topological polar surface area (TPSA) is 115 Å². The molecule has 0 aliphatic rings. The Hall–Kier alpha value is -5.92. The van der Waals surface area contributed by atoms with E-state index < -0.39 is 40.4 Å². The summed E-state index contributed by atoms with van der Waals surface area (Å²) in [6.07, 6.45) is -3.31. The number of nitrogens with one attached hydrogen (secondary N) is 3. The summed E-state index contributed by atoms with van der Waals surface area (Å²) in [5.41, 5.74) is 0.0124. The molecule has 0 saturated carbocycles. The first-order valence-electron chi connectivity index (χ1n) is 16.1. The standard InChI is InChI=1S/C40H33ClF3N3O6S/c1-51-33-23-35(53-3)34(52-2)21-26(33)20-32(47-37(48)25-12-8-5-9-13-25)38(49)45-28-15-17-29(18-16-28)54-36(24-10-6-4-7-11-24)39(50)46-31-19-14-27(41)22-30(31)40(42,43)44/h4-23,36H,1-3H3,(H,45,49)(H,46,50)(H,47,48)/b32-20-. The van der Waals surface area contributed by atoms with E-state index in [1.807, 2.05) is 0 Å². The number of ether oxygens (including phenoxy) is 3. The molecule has 278 valence electrons. The number of carbonyl (C=O) groups is 3. The first-order valence-corrected chi connectivity index (χ1v) is 17.3. The van der Waals surface area contributed by atoms with Gasteiger partial charge in [0.2, 0.25) is 5.91 Å². The lowest BCUT2D eigenvalue weighted by molar-refractivity contribution is -0.137. The van der Waals surface area contributed by atoms with E-state index >= 15 is 0 Å². The molecule has 0 spiro atoms. The van der Waals surface area contributed by atoms with E-state index in [1.54, 1.807) is 97.1 Å². The third-order valence-corrected chi connectivity index (χ3v) is 9.32. The van der Waals surface area contributed by atoms with Crippen molar-refractivity contribution in [2.24, 2.45) is 0 Å². The quantitative estimate of drug-likeness (QED) is 0.0807. The fourth-order valence-corrected chi connectivity index (χ4v) is 6.37. The van der Waals surface area contributed by atoms with Gasteiger partial charge in [-0.1, -0.05) is 60.1 Å². The van der Waals surface area contributed by atoms with E-state index in [-0.39, 0.29) is 10.7 Å². The summed E-state index contributed by atoms with van der Waals surface area (Å²) in [4.78, 5) is 41.1. The normalized spacial score (nSPS) is 11.9. The summed E-state index contributed by atoms with van der Waals surface area (Å²) in [5.74, 6) is -0.784. The Morgan fingerprint density at radius 1 is 0.741 bits per heavy atom. The number of anilines is 2. The van der Waals surface area contributed by atoms with E-state index in [9.17, 15) is 27.6 Å². The maximum atomic E-state index is 13.8. The van der Waals surface area contributed by atoms with Crippen molar-refractivity contribution in [2.45, 2.75) is 16.3 Å². The molecule has 0 aromatic heterocycles. The number of carbonyl (C=O) groups excluding carboxylic acids is 3. The second kappa shape index (κ2) is 17.7. The van der Waals surface area contributed by atoms with Crippen molar-refractivity contribution in [2.75, 3.05) is 32.0 Å². The second-order valence-electron chi connectivity index (χ2n) is 11.4. The molecule has 14 heteroatoms. The van der Waals surface area contributed by atoms with Gasteiger partial charge in [-0.15, -0.1) is 11.8 Å². The van der Waals surface area contributed by atoms with Crippen LogP contribution in [0.5, 0.6) is 17.2 Å². The third-order valence-electron chi connectivity index (χ3n) is 7.82. The number of halogens is 4. The van der Waals surface area contributed by atoms with Gasteiger partial charge in [-0.25, -0.2) is 0 Å². The van der Waals surface area contributed by atoms with Crippen LogP contribution in [-0.4, -0.2) is 39.1 Å². The number of hydrogen-bond donors (Lipinski definition) is 3. The Balaban J connectivity index is 1.40. The maximum absolute atomic E-state index is 13.8. The Morgan fingerprint density at radius 3 is 1.96 bits per heavy atom. The SMILES string of the molecule is COc1cc(OC)c(OC)cc1/C=C(\NC(=O)c1ccccc1)C(=O)Nc1ccc(SC(C(=O)Nc2ccc(Cl)cc2C(F)(F)F)c2ccccc2)cc1. The van der Waals surface area contributed by atoms with Gasteiger partial charge >= 0.3 is 6.18 Å². The van der Waals surface area contributed by atoms with Crippen LogP contribution in [0, 0.1) is 0 Å². The number of hydrogen-bond acceptors (Lipinski definition) is 7. The van der Waals surface area contributed by atoms with Crippen molar-refractivity contribution in [3.63, 3.8) is 0 Å². The summed E-state index contributed by atoms with van der Waals surface area (Å²) in [6, 6.07) is 29.7. The molecule has 0 aliphatic carbocycles. The third kappa shape index (κ3) is 9.94. The van der Waals surface area contributed by atoms with E-state index in [0.29, 0.717) is 44.5 Å². The minimum absolute atomic E-state index is 0.117. The number of thioether (sulfide) groups is 1. The highest BCUT2D eigenvalue weighted by Crippen LogP contribution is 2.40. The molecule has 0 fully saturated rings. The summed E-state index contributed by atoms with van der Waals surface area (Å²) in [5, 5.41) is 6.80. The van der Waals surface area contributed by atoms with Crippen LogP contribution >= 0.6 is 23.4 Å². The van der Waals surface area contributed by atoms with E-state index in [4.69, 9.17) is 25.8 Å². The minimum atomic E-state index is -4.75. The minimum Gasteiger partial charge on any atom is -0.496 e. The van der Waals surface area contributed by atoms with Crippen LogP contribution in [0.1, 0.15) is 32.3 Å². The molecule has 0 radical (unpaired) electrons. The second-order valence-corrected chi connectivity index (χ2v) is 13.0. The molecule has 54 heavy (non-hydrogen) atoms.